The number of rotatable bonds is 0. The summed E-state index contributed by atoms with van der Waals surface area (Å²) >= 11 is 0. The van der Waals surface area contributed by atoms with Crippen LogP contribution in [0.5, 0.6) is 0 Å². The Morgan fingerprint density at radius 2 is 1.75 bits per heavy atom. The summed E-state index contributed by atoms with van der Waals surface area (Å²) in [5.41, 5.74) is 0. The van der Waals surface area contributed by atoms with Crippen molar-refractivity contribution in [2.24, 2.45) is 11.8 Å². The van der Waals surface area contributed by atoms with Crippen LogP contribution in [-0.2, 0) is 0 Å². The van der Waals surface area contributed by atoms with Crippen molar-refractivity contribution in [1.82, 2.24) is 4.90 Å². The molecule has 1 amide bonds. The number of allylic oxidation sites excluding steroid dienone is 2. The van der Waals surface area contributed by atoms with Crippen LogP contribution in [0.2, 0.25) is 0 Å². The molecule has 0 bridgehead atoms. The third-order valence-electron chi connectivity index (χ3n) is 2.89. The van der Waals surface area contributed by atoms with Gasteiger partial charge in [-0.2, -0.15) is 0 Å². The van der Waals surface area contributed by atoms with Crippen LogP contribution in [0, 0.1) is 11.8 Å². The highest BCUT2D eigenvalue weighted by Crippen LogP contribution is 2.32. The molecule has 3 nitrogen and oxygen atoms in total. The summed E-state index contributed by atoms with van der Waals surface area (Å²) in [6, 6.07) is 0. The molecule has 66 valence electrons. The molecule has 0 aromatic rings. The number of nitrogens with zero attached hydrogens (tertiary/aromatic N) is 1. The molecule has 1 heterocycles. The first kappa shape index (κ1) is 7.65. The smallest absolute Gasteiger partial charge is 0.407 e. The fraction of sp³-hybridized carbons (Fsp3) is 0.667. The number of likely N-dealkylation sites (tertiary alicyclic amines) is 1. The molecule has 0 radical (unpaired) electrons. The summed E-state index contributed by atoms with van der Waals surface area (Å²) in [7, 11) is 0. The van der Waals surface area contributed by atoms with Gasteiger partial charge in [0.25, 0.3) is 0 Å². The maximum atomic E-state index is 10.7. The fourth-order valence-electron chi connectivity index (χ4n) is 2.17. The summed E-state index contributed by atoms with van der Waals surface area (Å²) in [6.45, 7) is 1.48. The highest BCUT2D eigenvalue weighted by molar-refractivity contribution is 5.65. The van der Waals surface area contributed by atoms with Gasteiger partial charge in [0, 0.05) is 13.1 Å². The molecular weight excluding hydrogens is 154 g/mol. The van der Waals surface area contributed by atoms with E-state index in [1.54, 1.807) is 4.90 Å². The third-order valence-corrected chi connectivity index (χ3v) is 2.89. The topological polar surface area (TPSA) is 40.5 Å². The number of fused-ring (bicyclic) bond motifs is 1. The average Bonchev–Trinajstić information content (AvgIpc) is 2.46. The largest absolute Gasteiger partial charge is 0.465 e. The van der Waals surface area contributed by atoms with Crippen molar-refractivity contribution in [3.8, 4) is 0 Å². The summed E-state index contributed by atoms with van der Waals surface area (Å²) in [5.74, 6) is 1.18. The highest BCUT2D eigenvalue weighted by Gasteiger charge is 2.34. The van der Waals surface area contributed by atoms with E-state index in [4.69, 9.17) is 5.11 Å². The van der Waals surface area contributed by atoms with E-state index < -0.39 is 6.09 Å². The van der Waals surface area contributed by atoms with Crippen molar-refractivity contribution in [2.45, 2.75) is 12.8 Å². The first-order chi connectivity index (χ1) is 5.77. The summed E-state index contributed by atoms with van der Waals surface area (Å²) < 4.78 is 0. The van der Waals surface area contributed by atoms with E-state index in [0.29, 0.717) is 11.8 Å². The minimum atomic E-state index is -0.760. The Balaban J connectivity index is 2.02. The molecule has 0 saturated carbocycles. The second-order valence-corrected chi connectivity index (χ2v) is 3.65. The van der Waals surface area contributed by atoms with Gasteiger partial charge in [-0.1, -0.05) is 12.2 Å². The van der Waals surface area contributed by atoms with E-state index in [9.17, 15) is 4.79 Å². The lowest BCUT2D eigenvalue weighted by atomic mass is 9.86. The second kappa shape index (κ2) is 2.81. The van der Waals surface area contributed by atoms with Crippen LogP contribution < -0.4 is 0 Å². The standard InChI is InChI=1S/C9H13NO2/c11-9(12)10-5-7-3-1-2-4-8(7)6-10/h1-2,7-8H,3-6H2,(H,11,12)/t7-,8+. The van der Waals surface area contributed by atoms with Crippen molar-refractivity contribution in [2.75, 3.05) is 13.1 Å². The van der Waals surface area contributed by atoms with Gasteiger partial charge in [0.1, 0.15) is 0 Å². The fourth-order valence-corrected chi connectivity index (χ4v) is 2.17. The highest BCUT2D eigenvalue weighted by atomic mass is 16.4. The van der Waals surface area contributed by atoms with Gasteiger partial charge in [-0.25, -0.2) is 4.79 Å². The lowest BCUT2D eigenvalue weighted by Gasteiger charge is -2.17. The van der Waals surface area contributed by atoms with Gasteiger partial charge >= 0.3 is 6.09 Å². The van der Waals surface area contributed by atoms with E-state index in [-0.39, 0.29) is 0 Å². The quantitative estimate of drug-likeness (QED) is 0.556. The molecule has 1 aliphatic carbocycles. The molecule has 0 spiro atoms. The number of hydrogen-bond donors (Lipinski definition) is 1. The molecule has 0 aromatic heterocycles. The molecule has 1 N–H and O–H groups in total. The molecular formula is C9H13NO2. The zero-order chi connectivity index (χ0) is 8.55. The molecule has 0 aromatic carbocycles. The summed E-state index contributed by atoms with van der Waals surface area (Å²) in [5, 5.41) is 8.77. The maximum Gasteiger partial charge on any atom is 0.407 e. The molecule has 12 heavy (non-hydrogen) atoms. The van der Waals surface area contributed by atoms with Crippen LogP contribution >= 0.6 is 0 Å². The molecule has 2 aliphatic rings. The molecule has 0 unspecified atom stereocenters. The van der Waals surface area contributed by atoms with Crippen LogP contribution in [0.4, 0.5) is 4.79 Å². The zero-order valence-electron chi connectivity index (χ0n) is 6.94. The minimum absolute atomic E-state index is 0.589. The minimum Gasteiger partial charge on any atom is -0.465 e. The van der Waals surface area contributed by atoms with Crippen LogP contribution in [-0.4, -0.2) is 29.2 Å². The first-order valence-electron chi connectivity index (χ1n) is 4.40. The van der Waals surface area contributed by atoms with Gasteiger partial charge in [-0.15, -0.1) is 0 Å². The monoisotopic (exact) mass is 167 g/mol. The van der Waals surface area contributed by atoms with E-state index in [2.05, 4.69) is 12.2 Å². The third kappa shape index (κ3) is 1.19. The van der Waals surface area contributed by atoms with Crippen LogP contribution in [0.1, 0.15) is 12.8 Å². The molecule has 2 rings (SSSR count). The molecule has 1 aliphatic heterocycles. The Bertz CT molecular complexity index is 209. The number of hydrogen-bond acceptors (Lipinski definition) is 1. The van der Waals surface area contributed by atoms with Crippen molar-refractivity contribution >= 4 is 6.09 Å². The van der Waals surface area contributed by atoms with Crippen molar-refractivity contribution < 1.29 is 9.90 Å². The first-order valence-corrected chi connectivity index (χ1v) is 4.40. The van der Waals surface area contributed by atoms with Crippen LogP contribution in [0.3, 0.4) is 0 Å². The van der Waals surface area contributed by atoms with Gasteiger partial charge in [0.05, 0.1) is 0 Å². The lowest BCUT2D eigenvalue weighted by Crippen LogP contribution is -2.26. The number of amides is 1. The van der Waals surface area contributed by atoms with Crippen molar-refractivity contribution in [1.29, 1.82) is 0 Å². The normalized spacial score (nSPS) is 33.5. The molecule has 3 heteroatoms. The average molecular weight is 167 g/mol. The predicted molar refractivity (Wildman–Crippen MR) is 45.0 cm³/mol. The molecule has 1 saturated heterocycles. The van der Waals surface area contributed by atoms with E-state index in [1.807, 2.05) is 0 Å². The molecule has 2 atom stereocenters. The van der Waals surface area contributed by atoms with Crippen molar-refractivity contribution in [3.05, 3.63) is 12.2 Å². The van der Waals surface area contributed by atoms with Crippen LogP contribution in [0.15, 0.2) is 12.2 Å². The summed E-state index contributed by atoms with van der Waals surface area (Å²) in [4.78, 5) is 12.2. The Morgan fingerprint density at radius 3 is 2.17 bits per heavy atom. The Kier molecular flexibility index (Phi) is 1.79. The van der Waals surface area contributed by atoms with Gasteiger partial charge < -0.3 is 10.0 Å². The van der Waals surface area contributed by atoms with Gasteiger partial charge in [-0.05, 0) is 24.7 Å². The zero-order valence-corrected chi connectivity index (χ0v) is 6.94. The maximum absolute atomic E-state index is 10.7. The Hall–Kier alpha value is -0.990. The van der Waals surface area contributed by atoms with E-state index in [1.165, 1.54) is 0 Å². The van der Waals surface area contributed by atoms with Gasteiger partial charge in [0.2, 0.25) is 0 Å². The van der Waals surface area contributed by atoms with Gasteiger partial charge in [0.15, 0.2) is 0 Å². The number of carboxylic acid groups (broad SMARTS) is 1. The summed E-state index contributed by atoms with van der Waals surface area (Å²) in [6.07, 6.45) is 5.71. The van der Waals surface area contributed by atoms with E-state index >= 15 is 0 Å². The SMILES string of the molecule is O=C(O)N1C[C@H]2CC=CC[C@H]2C1. The number of carbonyl (C=O) groups is 1. The Morgan fingerprint density at radius 1 is 1.25 bits per heavy atom. The van der Waals surface area contributed by atoms with E-state index in [0.717, 1.165) is 25.9 Å². The lowest BCUT2D eigenvalue weighted by molar-refractivity contribution is 0.153. The second-order valence-electron chi connectivity index (χ2n) is 3.65. The van der Waals surface area contributed by atoms with Crippen LogP contribution in [0.25, 0.3) is 0 Å². The predicted octanol–water partition coefficient (Wildman–Crippen LogP) is 1.56. The molecule has 1 fully saturated rings. The van der Waals surface area contributed by atoms with Crippen molar-refractivity contribution in [3.63, 3.8) is 0 Å². The Labute approximate surface area is 71.7 Å². The van der Waals surface area contributed by atoms with Gasteiger partial charge in [-0.3, -0.25) is 0 Å².